The van der Waals surface area contributed by atoms with E-state index in [1.165, 1.54) is 5.56 Å². The first-order valence-electron chi connectivity index (χ1n) is 7.86. The predicted molar refractivity (Wildman–Crippen MR) is 93.6 cm³/mol. The van der Waals surface area contributed by atoms with Gasteiger partial charge in [0.1, 0.15) is 0 Å². The summed E-state index contributed by atoms with van der Waals surface area (Å²) in [6, 6.07) is 17.8. The van der Waals surface area contributed by atoms with Crippen LogP contribution in [0.15, 0.2) is 70.7 Å². The Morgan fingerprint density at radius 3 is 2.35 bits per heavy atom. The summed E-state index contributed by atoms with van der Waals surface area (Å²) in [6.45, 7) is 1.93. The third-order valence-electron chi connectivity index (χ3n) is 4.97. The van der Waals surface area contributed by atoms with Crippen LogP contribution in [0, 0.1) is 5.92 Å². The zero-order valence-electron chi connectivity index (χ0n) is 13.0. The molecule has 0 aliphatic heterocycles. The standard InChI is InChI=1S/C20H19BrF2/c1-20(16-9-11-17(21)12-10-16)13-15(18(20)19(22)23)8-7-14-5-3-2-4-6-14/h2-6,9-12,15H,7-8,13H2,1H3. The van der Waals surface area contributed by atoms with Crippen LogP contribution < -0.4 is 0 Å². The van der Waals surface area contributed by atoms with Crippen LogP contribution in [0.25, 0.3) is 0 Å². The minimum absolute atomic E-state index is 0.0196. The molecule has 120 valence electrons. The summed E-state index contributed by atoms with van der Waals surface area (Å²) in [5, 5.41) is 0. The summed E-state index contributed by atoms with van der Waals surface area (Å²) < 4.78 is 28.1. The van der Waals surface area contributed by atoms with Gasteiger partial charge in [0.25, 0.3) is 6.08 Å². The van der Waals surface area contributed by atoms with Crippen molar-refractivity contribution in [3.63, 3.8) is 0 Å². The van der Waals surface area contributed by atoms with Crippen molar-refractivity contribution >= 4 is 15.9 Å². The van der Waals surface area contributed by atoms with E-state index < -0.39 is 11.5 Å². The number of hydrogen-bond donors (Lipinski definition) is 0. The Labute approximate surface area is 144 Å². The lowest BCUT2D eigenvalue weighted by atomic mass is 9.55. The molecule has 0 heterocycles. The highest BCUT2D eigenvalue weighted by Gasteiger charge is 2.49. The second-order valence-corrected chi connectivity index (χ2v) is 7.35. The molecule has 0 N–H and O–H groups in total. The zero-order valence-corrected chi connectivity index (χ0v) is 14.6. The maximum atomic E-state index is 13.6. The van der Waals surface area contributed by atoms with Gasteiger partial charge in [-0.2, -0.15) is 8.78 Å². The fraction of sp³-hybridized carbons (Fsp3) is 0.300. The lowest BCUT2D eigenvalue weighted by Crippen LogP contribution is -2.42. The minimum Gasteiger partial charge on any atom is -0.173 e. The molecule has 23 heavy (non-hydrogen) atoms. The SMILES string of the molecule is CC1(c2ccc(Br)cc2)CC(CCc2ccccc2)C1=C(F)F. The quantitative estimate of drug-likeness (QED) is 0.570. The van der Waals surface area contributed by atoms with Crippen LogP contribution in [0.4, 0.5) is 8.78 Å². The highest BCUT2D eigenvalue weighted by molar-refractivity contribution is 9.10. The molecule has 0 spiro atoms. The highest BCUT2D eigenvalue weighted by atomic mass is 79.9. The Bertz CT molecular complexity index is 702. The van der Waals surface area contributed by atoms with Crippen molar-refractivity contribution in [1.29, 1.82) is 0 Å². The van der Waals surface area contributed by atoms with Crippen molar-refractivity contribution in [2.45, 2.75) is 31.6 Å². The van der Waals surface area contributed by atoms with Crippen LogP contribution in [0.5, 0.6) is 0 Å². The molecule has 0 aromatic heterocycles. The van der Waals surface area contributed by atoms with Crippen LogP contribution in [-0.2, 0) is 11.8 Å². The second kappa shape index (κ2) is 6.56. The van der Waals surface area contributed by atoms with Gasteiger partial charge in [-0.05, 0) is 48.4 Å². The van der Waals surface area contributed by atoms with Gasteiger partial charge >= 0.3 is 0 Å². The molecule has 0 saturated heterocycles. The Balaban J connectivity index is 1.76. The van der Waals surface area contributed by atoms with E-state index in [1.807, 2.05) is 49.4 Å². The Morgan fingerprint density at radius 1 is 1.09 bits per heavy atom. The zero-order chi connectivity index (χ0) is 16.4. The molecule has 1 aliphatic rings. The van der Waals surface area contributed by atoms with Gasteiger partial charge in [0.05, 0.1) is 0 Å². The van der Waals surface area contributed by atoms with E-state index in [-0.39, 0.29) is 5.92 Å². The fourth-order valence-corrected chi connectivity index (χ4v) is 3.97. The Kier molecular flexibility index (Phi) is 4.67. The smallest absolute Gasteiger partial charge is 0.173 e. The lowest BCUT2D eigenvalue weighted by Gasteiger charge is -2.48. The van der Waals surface area contributed by atoms with Crippen LogP contribution in [0.1, 0.15) is 30.9 Å². The molecule has 1 saturated carbocycles. The van der Waals surface area contributed by atoms with E-state index in [2.05, 4.69) is 28.1 Å². The van der Waals surface area contributed by atoms with E-state index in [0.29, 0.717) is 5.57 Å². The van der Waals surface area contributed by atoms with E-state index in [9.17, 15) is 8.78 Å². The van der Waals surface area contributed by atoms with E-state index in [4.69, 9.17) is 0 Å². The Hall–Kier alpha value is -1.48. The van der Waals surface area contributed by atoms with Gasteiger partial charge in [-0.25, -0.2) is 0 Å². The van der Waals surface area contributed by atoms with Crippen molar-refractivity contribution < 1.29 is 8.78 Å². The fourth-order valence-electron chi connectivity index (χ4n) is 3.71. The average molecular weight is 377 g/mol. The van der Waals surface area contributed by atoms with Gasteiger partial charge in [0.15, 0.2) is 0 Å². The maximum Gasteiger partial charge on any atom is 0.270 e. The summed E-state index contributed by atoms with van der Waals surface area (Å²) in [6.07, 6.45) is 0.912. The van der Waals surface area contributed by atoms with Crippen molar-refractivity contribution in [3.05, 3.63) is 81.9 Å². The van der Waals surface area contributed by atoms with Crippen molar-refractivity contribution in [1.82, 2.24) is 0 Å². The van der Waals surface area contributed by atoms with E-state index in [1.54, 1.807) is 0 Å². The first-order valence-corrected chi connectivity index (χ1v) is 8.65. The molecule has 3 heteroatoms. The van der Waals surface area contributed by atoms with E-state index >= 15 is 0 Å². The molecule has 0 radical (unpaired) electrons. The summed E-state index contributed by atoms with van der Waals surface area (Å²) >= 11 is 3.40. The Morgan fingerprint density at radius 2 is 1.74 bits per heavy atom. The lowest BCUT2D eigenvalue weighted by molar-refractivity contribution is 0.228. The summed E-state index contributed by atoms with van der Waals surface area (Å²) in [5.74, 6) is -0.0196. The molecule has 1 aliphatic carbocycles. The minimum atomic E-state index is -1.50. The highest BCUT2D eigenvalue weighted by Crippen LogP contribution is 2.55. The second-order valence-electron chi connectivity index (χ2n) is 6.44. The molecular weight excluding hydrogens is 358 g/mol. The average Bonchev–Trinajstić information content (AvgIpc) is 2.52. The number of benzene rings is 2. The molecule has 3 rings (SSSR count). The summed E-state index contributed by atoms with van der Waals surface area (Å²) in [4.78, 5) is 0. The number of hydrogen-bond acceptors (Lipinski definition) is 0. The molecule has 1 fully saturated rings. The van der Waals surface area contributed by atoms with Gasteiger partial charge in [-0.1, -0.05) is 65.3 Å². The third kappa shape index (κ3) is 3.25. The van der Waals surface area contributed by atoms with Crippen molar-refractivity contribution in [2.24, 2.45) is 5.92 Å². The van der Waals surface area contributed by atoms with Crippen LogP contribution in [0.2, 0.25) is 0 Å². The normalized spacial score (nSPS) is 23.5. The first-order chi connectivity index (χ1) is 11.0. The molecule has 0 nitrogen and oxygen atoms in total. The van der Waals surface area contributed by atoms with Crippen molar-refractivity contribution in [2.75, 3.05) is 0 Å². The van der Waals surface area contributed by atoms with Gasteiger partial charge < -0.3 is 0 Å². The molecule has 2 aromatic carbocycles. The van der Waals surface area contributed by atoms with Crippen LogP contribution in [-0.4, -0.2) is 0 Å². The largest absolute Gasteiger partial charge is 0.270 e. The third-order valence-corrected chi connectivity index (χ3v) is 5.50. The predicted octanol–water partition coefficient (Wildman–Crippen LogP) is 6.51. The molecule has 2 atom stereocenters. The monoisotopic (exact) mass is 376 g/mol. The number of rotatable bonds is 4. The number of aryl methyl sites for hydroxylation is 1. The maximum absolute atomic E-state index is 13.6. The number of allylic oxidation sites excluding steroid dienone is 1. The van der Waals surface area contributed by atoms with E-state index in [0.717, 1.165) is 29.3 Å². The molecule has 2 aromatic rings. The van der Waals surface area contributed by atoms with Crippen LogP contribution >= 0.6 is 15.9 Å². The molecule has 2 unspecified atom stereocenters. The van der Waals surface area contributed by atoms with Gasteiger partial charge in [-0.15, -0.1) is 0 Å². The first kappa shape index (κ1) is 16.4. The topological polar surface area (TPSA) is 0 Å². The summed E-state index contributed by atoms with van der Waals surface area (Å²) in [5.41, 5.74) is 1.99. The number of halogens is 3. The van der Waals surface area contributed by atoms with Gasteiger partial charge in [0, 0.05) is 15.5 Å². The van der Waals surface area contributed by atoms with Gasteiger partial charge in [-0.3, -0.25) is 0 Å². The van der Waals surface area contributed by atoms with Gasteiger partial charge in [0.2, 0.25) is 0 Å². The van der Waals surface area contributed by atoms with Crippen molar-refractivity contribution in [3.8, 4) is 0 Å². The summed E-state index contributed by atoms with van der Waals surface area (Å²) in [7, 11) is 0. The van der Waals surface area contributed by atoms with Crippen LogP contribution in [0.3, 0.4) is 0 Å². The molecule has 0 bridgehead atoms. The molecule has 0 amide bonds. The molecular formula is C20H19BrF2.